The van der Waals surface area contributed by atoms with E-state index < -0.39 is 0 Å². The van der Waals surface area contributed by atoms with Crippen LogP contribution in [0.3, 0.4) is 0 Å². The van der Waals surface area contributed by atoms with E-state index in [4.69, 9.17) is 22.1 Å². The van der Waals surface area contributed by atoms with Crippen LogP contribution in [0.15, 0.2) is 24.5 Å². The van der Waals surface area contributed by atoms with Crippen molar-refractivity contribution in [3.05, 3.63) is 35.2 Å². The van der Waals surface area contributed by atoms with Crippen molar-refractivity contribution < 1.29 is 4.74 Å². The first-order valence-electron chi connectivity index (χ1n) is 7.29. The van der Waals surface area contributed by atoms with Gasteiger partial charge in [0.1, 0.15) is 5.65 Å². The minimum Gasteiger partial charge on any atom is -0.381 e. The molecule has 0 bridgehead atoms. The molecule has 5 nitrogen and oxygen atoms in total. The zero-order chi connectivity index (χ0) is 14.8. The molecular formula is C15H22Cl2N4O. The predicted molar refractivity (Wildman–Crippen MR) is 90.7 cm³/mol. The molecule has 3 heterocycles. The molecule has 3 rings (SSSR count). The van der Waals surface area contributed by atoms with Crippen molar-refractivity contribution in [1.82, 2.24) is 14.3 Å². The number of likely N-dealkylation sites (tertiary alicyclic amines) is 1. The SMILES string of the molecule is COC1CCN(Cc2cn3cc(Cl)ccc3n2)C(CN)C1.Cl. The molecule has 1 aliphatic heterocycles. The maximum atomic E-state index is 6.01. The Kier molecular flexibility index (Phi) is 6.06. The molecule has 0 radical (unpaired) electrons. The quantitative estimate of drug-likeness (QED) is 0.924. The smallest absolute Gasteiger partial charge is 0.137 e. The lowest BCUT2D eigenvalue weighted by Crippen LogP contribution is -2.48. The Morgan fingerprint density at radius 2 is 2.23 bits per heavy atom. The van der Waals surface area contributed by atoms with Crippen LogP contribution in [0.5, 0.6) is 0 Å². The van der Waals surface area contributed by atoms with Gasteiger partial charge in [0.15, 0.2) is 0 Å². The molecule has 7 heteroatoms. The summed E-state index contributed by atoms with van der Waals surface area (Å²) in [6.07, 6.45) is 6.29. The summed E-state index contributed by atoms with van der Waals surface area (Å²) in [4.78, 5) is 7.05. The number of ether oxygens (including phenoxy) is 1. The van der Waals surface area contributed by atoms with Crippen LogP contribution in [0.4, 0.5) is 0 Å². The number of halogens is 2. The highest BCUT2D eigenvalue weighted by Crippen LogP contribution is 2.21. The third-order valence-electron chi connectivity index (χ3n) is 4.22. The molecule has 2 N–H and O–H groups in total. The molecule has 0 aromatic carbocycles. The average Bonchev–Trinajstić information content (AvgIpc) is 2.89. The monoisotopic (exact) mass is 344 g/mol. The Labute approximate surface area is 141 Å². The highest BCUT2D eigenvalue weighted by Gasteiger charge is 2.27. The molecular weight excluding hydrogens is 323 g/mol. The number of pyridine rings is 1. The molecule has 1 saturated heterocycles. The molecule has 122 valence electrons. The molecule has 2 unspecified atom stereocenters. The van der Waals surface area contributed by atoms with Crippen molar-refractivity contribution in [3.63, 3.8) is 0 Å². The van der Waals surface area contributed by atoms with Crippen LogP contribution in [0, 0.1) is 0 Å². The van der Waals surface area contributed by atoms with E-state index in [-0.39, 0.29) is 12.4 Å². The Morgan fingerprint density at radius 3 is 2.95 bits per heavy atom. The van der Waals surface area contributed by atoms with Gasteiger partial charge in [-0.15, -0.1) is 12.4 Å². The number of imidazole rings is 1. The third kappa shape index (κ3) is 3.73. The minimum atomic E-state index is 0. The molecule has 2 aromatic rings. The lowest BCUT2D eigenvalue weighted by molar-refractivity contribution is 0.00983. The lowest BCUT2D eigenvalue weighted by atomic mass is 9.99. The molecule has 1 aliphatic rings. The van der Waals surface area contributed by atoms with E-state index >= 15 is 0 Å². The first-order valence-corrected chi connectivity index (χ1v) is 7.67. The molecule has 0 saturated carbocycles. The number of rotatable bonds is 4. The van der Waals surface area contributed by atoms with E-state index in [1.807, 2.05) is 28.9 Å². The Morgan fingerprint density at radius 1 is 1.41 bits per heavy atom. The van der Waals surface area contributed by atoms with Gasteiger partial charge in [0.25, 0.3) is 0 Å². The van der Waals surface area contributed by atoms with Gasteiger partial charge in [0, 0.05) is 45.2 Å². The fourth-order valence-electron chi connectivity index (χ4n) is 3.03. The van der Waals surface area contributed by atoms with Gasteiger partial charge in [-0.2, -0.15) is 0 Å². The van der Waals surface area contributed by atoms with E-state index in [1.165, 1.54) is 0 Å². The van der Waals surface area contributed by atoms with E-state index in [2.05, 4.69) is 9.88 Å². The second kappa shape index (κ2) is 7.62. The molecule has 0 aliphatic carbocycles. The average molecular weight is 345 g/mol. The summed E-state index contributed by atoms with van der Waals surface area (Å²) in [6, 6.07) is 4.15. The van der Waals surface area contributed by atoms with E-state index in [1.54, 1.807) is 7.11 Å². The second-order valence-electron chi connectivity index (χ2n) is 5.59. The summed E-state index contributed by atoms with van der Waals surface area (Å²) in [6.45, 7) is 2.46. The van der Waals surface area contributed by atoms with E-state index in [9.17, 15) is 0 Å². The number of piperidine rings is 1. The standard InChI is InChI=1S/C15H21ClN4O.ClH/c1-21-14-4-5-19(13(6-14)7-17)9-12-10-20-8-11(16)2-3-15(20)18-12;/h2-3,8,10,13-14H,4-7,9,17H2,1H3;1H. The normalized spacial score (nSPS) is 22.7. The summed E-state index contributed by atoms with van der Waals surface area (Å²) >= 11 is 6.01. The number of hydrogen-bond donors (Lipinski definition) is 1. The fourth-order valence-corrected chi connectivity index (χ4v) is 3.20. The van der Waals surface area contributed by atoms with Crippen LogP contribution < -0.4 is 5.73 Å². The second-order valence-corrected chi connectivity index (χ2v) is 6.02. The highest BCUT2D eigenvalue weighted by atomic mass is 35.5. The van der Waals surface area contributed by atoms with Crippen LogP contribution >= 0.6 is 24.0 Å². The Bertz CT molecular complexity index is 619. The first-order chi connectivity index (χ1) is 10.2. The molecule has 2 atom stereocenters. The third-order valence-corrected chi connectivity index (χ3v) is 4.45. The zero-order valence-corrected chi connectivity index (χ0v) is 14.2. The van der Waals surface area contributed by atoms with Gasteiger partial charge in [-0.3, -0.25) is 4.90 Å². The van der Waals surface area contributed by atoms with Crippen LogP contribution in [0.1, 0.15) is 18.5 Å². The van der Waals surface area contributed by atoms with Gasteiger partial charge in [-0.25, -0.2) is 4.98 Å². The first kappa shape index (κ1) is 17.5. The molecule has 22 heavy (non-hydrogen) atoms. The summed E-state index contributed by atoms with van der Waals surface area (Å²) in [5.74, 6) is 0. The topological polar surface area (TPSA) is 55.8 Å². The van der Waals surface area contributed by atoms with Gasteiger partial charge in [-0.05, 0) is 25.0 Å². The van der Waals surface area contributed by atoms with Gasteiger partial charge in [-0.1, -0.05) is 11.6 Å². The van der Waals surface area contributed by atoms with Crippen molar-refractivity contribution >= 4 is 29.7 Å². The fraction of sp³-hybridized carbons (Fsp3) is 0.533. The molecule has 1 fully saturated rings. The number of methoxy groups -OCH3 is 1. The predicted octanol–water partition coefficient (Wildman–Crippen LogP) is 2.35. The number of aromatic nitrogens is 2. The van der Waals surface area contributed by atoms with E-state index in [0.717, 1.165) is 37.3 Å². The van der Waals surface area contributed by atoms with Crippen LogP contribution in [-0.4, -0.2) is 46.6 Å². The van der Waals surface area contributed by atoms with Crippen LogP contribution in [0.2, 0.25) is 5.02 Å². The highest BCUT2D eigenvalue weighted by molar-refractivity contribution is 6.30. The van der Waals surface area contributed by atoms with Gasteiger partial charge >= 0.3 is 0 Å². The maximum absolute atomic E-state index is 6.01. The number of fused-ring (bicyclic) bond motifs is 1. The van der Waals surface area contributed by atoms with Crippen molar-refractivity contribution in [3.8, 4) is 0 Å². The van der Waals surface area contributed by atoms with Gasteiger partial charge in [0.2, 0.25) is 0 Å². The molecule has 0 amide bonds. The number of nitrogens with zero attached hydrogens (tertiary/aromatic N) is 3. The number of nitrogens with two attached hydrogens (primary N) is 1. The zero-order valence-electron chi connectivity index (χ0n) is 12.6. The Hall–Kier alpha value is -0.850. The summed E-state index contributed by atoms with van der Waals surface area (Å²) in [7, 11) is 1.78. The summed E-state index contributed by atoms with van der Waals surface area (Å²) in [5.41, 5.74) is 7.89. The van der Waals surface area contributed by atoms with Crippen molar-refractivity contribution in [2.45, 2.75) is 31.5 Å². The Balaban J connectivity index is 0.00000176. The lowest BCUT2D eigenvalue weighted by Gasteiger charge is -2.38. The van der Waals surface area contributed by atoms with Crippen molar-refractivity contribution in [2.75, 3.05) is 20.2 Å². The minimum absolute atomic E-state index is 0. The summed E-state index contributed by atoms with van der Waals surface area (Å²) in [5, 5.41) is 0.715. The van der Waals surface area contributed by atoms with Crippen molar-refractivity contribution in [1.29, 1.82) is 0 Å². The van der Waals surface area contributed by atoms with Crippen molar-refractivity contribution in [2.24, 2.45) is 5.73 Å². The van der Waals surface area contributed by atoms with Crippen LogP contribution in [-0.2, 0) is 11.3 Å². The van der Waals surface area contributed by atoms with E-state index in [0.29, 0.717) is 23.7 Å². The largest absolute Gasteiger partial charge is 0.381 e. The van der Waals surface area contributed by atoms with Gasteiger partial charge < -0.3 is 14.9 Å². The van der Waals surface area contributed by atoms with Crippen LogP contribution in [0.25, 0.3) is 5.65 Å². The summed E-state index contributed by atoms with van der Waals surface area (Å²) < 4.78 is 7.44. The van der Waals surface area contributed by atoms with Gasteiger partial charge in [0.05, 0.1) is 16.8 Å². The number of hydrogen-bond acceptors (Lipinski definition) is 4. The maximum Gasteiger partial charge on any atom is 0.137 e. The molecule has 0 spiro atoms. The molecule has 2 aromatic heterocycles.